The highest BCUT2D eigenvalue weighted by Gasteiger charge is 2.16. The first-order chi connectivity index (χ1) is 7.96. The molecule has 110 valence electrons. The van der Waals surface area contributed by atoms with Gasteiger partial charge in [0, 0.05) is 0 Å². The van der Waals surface area contributed by atoms with Gasteiger partial charge < -0.3 is 0 Å². The van der Waals surface area contributed by atoms with Crippen molar-refractivity contribution in [2.24, 2.45) is 16.7 Å². The van der Waals surface area contributed by atoms with Crippen LogP contribution in [-0.2, 0) is 0 Å². The lowest BCUT2D eigenvalue weighted by molar-refractivity contribution is 0.254. The first-order valence-corrected chi connectivity index (χ1v) is 7.64. The lowest BCUT2D eigenvalue weighted by atomic mass is 9.81. The Morgan fingerprint density at radius 1 is 1.00 bits per heavy atom. The monoisotopic (exact) mass is 254 g/mol. The molecule has 0 aliphatic heterocycles. The summed E-state index contributed by atoms with van der Waals surface area (Å²) in [6, 6.07) is 0. The van der Waals surface area contributed by atoms with Crippen LogP contribution >= 0.6 is 0 Å². The second-order valence-electron chi connectivity index (χ2n) is 7.60. The number of allylic oxidation sites excluding steroid dienone is 2. The highest BCUT2D eigenvalue weighted by molar-refractivity contribution is 5.06. The van der Waals surface area contributed by atoms with E-state index in [1.54, 1.807) is 0 Å². The average Bonchev–Trinajstić information content (AvgIpc) is 2.22. The molecule has 0 aliphatic rings. The van der Waals surface area contributed by atoms with Crippen LogP contribution in [-0.4, -0.2) is 0 Å². The predicted octanol–water partition coefficient (Wildman–Crippen LogP) is 6.86. The average molecular weight is 255 g/mol. The first kappa shape index (κ1) is 20.1. The van der Waals surface area contributed by atoms with E-state index in [9.17, 15) is 0 Å². The van der Waals surface area contributed by atoms with Crippen molar-refractivity contribution < 1.29 is 0 Å². The standard InChI is InChI=1S/C10H20.C8H18/c1-6-7-8-9(2)10(3,4)5;1-6-7(2)8(3,4)5/h8H,6-7H2,1-5H3;7H,6H2,1-5H3/b9-8+;. The van der Waals surface area contributed by atoms with Crippen LogP contribution in [0.15, 0.2) is 11.6 Å². The molecule has 1 unspecified atom stereocenters. The molecule has 0 aromatic rings. The van der Waals surface area contributed by atoms with Gasteiger partial charge in [0.25, 0.3) is 0 Å². The van der Waals surface area contributed by atoms with Crippen molar-refractivity contribution in [1.29, 1.82) is 0 Å². The maximum Gasteiger partial charge on any atom is -0.0176 e. The van der Waals surface area contributed by atoms with Gasteiger partial charge in [-0.2, -0.15) is 0 Å². The van der Waals surface area contributed by atoms with E-state index in [1.165, 1.54) is 24.8 Å². The Balaban J connectivity index is 0. The third-order valence-electron chi connectivity index (χ3n) is 4.01. The Bertz CT molecular complexity index is 219. The SMILES string of the molecule is CCC(C)C(C)(C)C.CCC/C=C(\C)C(C)(C)C. The molecule has 0 saturated heterocycles. The van der Waals surface area contributed by atoms with Gasteiger partial charge in [-0.3, -0.25) is 0 Å². The Morgan fingerprint density at radius 2 is 1.44 bits per heavy atom. The van der Waals surface area contributed by atoms with Gasteiger partial charge in [0.2, 0.25) is 0 Å². The highest BCUT2D eigenvalue weighted by Crippen LogP contribution is 2.27. The normalized spacial score (nSPS) is 14.9. The summed E-state index contributed by atoms with van der Waals surface area (Å²) in [6.07, 6.45) is 6.13. The van der Waals surface area contributed by atoms with Crippen molar-refractivity contribution in [1.82, 2.24) is 0 Å². The second kappa shape index (κ2) is 8.77. The fraction of sp³-hybridized carbons (Fsp3) is 0.889. The van der Waals surface area contributed by atoms with Crippen molar-refractivity contribution in [2.75, 3.05) is 0 Å². The molecule has 18 heavy (non-hydrogen) atoms. The molecule has 0 aromatic carbocycles. The fourth-order valence-electron chi connectivity index (χ4n) is 1.28. The second-order valence-corrected chi connectivity index (χ2v) is 7.60. The van der Waals surface area contributed by atoms with Crippen LogP contribution in [0.4, 0.5) is 0 Å². The maximum atomic E-state index is 2.35. The summed E-state index contributed by atoms with van der Waals surface area (Å²) in [5, 5.41) is 0. The van der Waals surface area contributed by atoms with Gasteiger partial charge in [0.1, 0.15) is 0 Å². The summed E-state index contributed by atoms with van der Waals surface area (Å²) < 4.78 is 0. The third-order valence-corrected chi connectivity index (χ3v) is 4.01. The van der Waals surface area contributed by atoms with E-state index >= 15 is 0 Å². The molecule has 0 heterocycles. The number of hydrogen-bond acceptors (Lipinski definition) is 0. The zero-order valence-electron chi connectivity index (χ0n) is 14.8. The molecule has 0 heteroatoms. The molecule has 0 aliphatic carbocycles. The van der Waals surface area contributed by atoms with E-state index in [4.69, 9.17) is 0 Å². The van der Waals surface area contributed by atoms with E-state index in [1.807, 2.05) is 0 Å². The summed E-state index contributed by atoms with van der Waals surface area (Å²) in [7, 11) is 0. The molecule has 0 aromatic heterocycles. The van der Waals surface area contributed by atoms with E-state index in [0.29, 0.717) is 10.8 Å². The predicted molar refractivity (Wildman–Crippen MR) is 87.0 cm³/mol. The number of rotatable bonds is 3. The number of hydrogen-bond donors (Lipinski definition) is 0. The molecule has 0 bridgehead atoms. The van der Waals surface area contributed by atoms with Crippen molar-refractivity contribution in [2.45, 2.75) is 88.5 Å². The van der Waals surface area contributed by atoms with Crippen LogP contribution < -0.4 is 0 Å². The lowest BCUT2D eigenvalue weighted by Gasteiger charge is -2.25. The molecule has 0 fully saturated rings. The van der Waals surface area contributed by atoms with Gasteiger partial charge in [0.05, 0.1) is 0 Å². The quantitative estimate of drug-likeness (QED) is 0.483. The van der Waals surface area contributed by atoms with Crippen molar-refractivity contribution in [3.63, 3.8) is 0 Å². The van der Waals surface area contributed by atoms with Gasteiger partial charge in [0.15, 0.2) is 0 Å². The van der Waals surface area contributed by atoms with E-state index in [-0.39, 0.29) is 0 Å². The fourth-order valence-corrected chi connectivity index (χ4v) is 1.28. The molecular formula is C18H38. The zero-order chi connectivity index (χ0) is 15.0. The summed E-state index contributed by atoms with van der Waals surface area (Å²) in [5.74, 6) is 0.850. The molecule has 1 atom stereocenters. The zero-order valence-corrected chi connectivity index (χ0v) is 14.8. The first-order valence-electron chi connectivity index (χ1n) is 7.64. The molecule has 0 N–H and O–H groups in total. The molecule has 0 radical (unpaired) electrons. The minimum absolute atomic E-state index is 0.370. The number of unbranched alkanes of at least 4 members (excludes halogenated alkanes) is 1. The Morgan fingerprint density at radius 3 is 1.61 bits per heavy atom. The summed E-state index contributed by atoms with van der Waals surface area (Å²) in [6.45, 7) is 22.6. The Hall–Kier alpha value is -0.260. The van der Waals surface area contributed by atoms with Gasteiger partial charge >= 0.3 is 0 Å². The molecular weight excluding hydrogens is 216 g/mol. The summed E-state index contributed by atoms with van der Waals surface area (Å²) in [5.41, 5.74) is 2.39. The van der Waals surface area contributed by atoms with E-state index < -0.39 is 0 Å². The maximum absolute atomic E-state index is 2.35. The highest BCUT2D eigenvalue weighted by atomic mass is 14.2. The van der Waals surface area contributed by atoms with Crippen LogP contribution in [0.5, 0.6) is 0 Å². The summed E-state index contributed by atoms with van der Waals surface area (Å²) in [4.78, 5) is 0. The molecule has 0 amide bonds. The molecule has 0 saturated carbocycles. The van der Waals surface area contributed by atoms with Crippen molar-refractivity contribution >= 4 is 0 Å². The van der Waals surface area contributed by atoms with Crippen LogP contribution in [0.25, 0.3) is 0 Å². The largest absolute Gasteiger partial charge is 0.0851 e. The van der Waals surface area contributed by atoms with Crippen LogP contribution in [0, 0.1) is 16.7 Å². The molecule has 0 rings (SSSR count). The van der Waals surface area contributed by atoms with Crippen molar-refractivity contribution in [3.8, 4) is 0 Å². The van der Waals surface area contributed by atoms with Crippen LogP contribution in [0.2, 0.25) is 0 Å². The third kappa shape index (κ3) is 10.9. The minimum atomic E-state index is 0.370. The van der Waals surface area contributed by atoms with Gasteiger partial charge in [-0.05, 0) is 30.1 Å². The van der Waals surface area contributed by atoms with Gasteiger partial charge in [-0.1, -0.05) is 86.8 Å². The Labute approximate surface area is 117 Å². The molecule has 0 spiro atoms. The summed E-state index contributed by atoms with van der Waals surface area (Å²) >= 11 is 0. The lowest BCUT2D eigenvalue weighted by Crippen LogP contribution is -2.15. The smallest absolute Gasteiger partial charge is 0.0176 e. The van der Waals surface area contributed by atoms with Crippen LogP contribution in [0.1, 0.15) is 88.5 Å². The van der Waals surface area contributed by atoms with Gasteiger partial charge in [-0.15, -0.1) is 0 Å². The minimum Gasteiger partial charge on any atom is -0.0851 e. The van der Waals surface area contributed by atoms with Gasteiger partial charge in [-0.25, -0.2) is 0 Å². The van der Waals surface area contributed by atoms with Crippen LogP contribution in [0.3, 0.4) is 0 Å². The Kier molecular flexibility index (Phi) is 9.78. The molecule has 0 nitrogen and oxygen atoms in total. The van der Waals surface area contributed by atoms with E-state index in [2.05, 4.69) is 75.3 Å². The topological polar surface area (TPSA) is 0 Å². The van der Waals surface area contributed by atoms with Crippen molar-refractivity contribution in [3.05, 3.63) is 11.6 Å². The van der Waals surface area contributed by atoms with E-state index in [0.717, 1.165) is 5.92 Å².